The van der Waals surface area contributed by atoms with Gasteiger partial charge in [-0.1, -0.05) is 36.4 Å². The van der Waals surface area contributed by atoms with Crippen LogP contribution >= 0.6 is 0 Å². The van der Waals surface area contributed by atoms with E-state index >= 15 is 0 Å². The summed E-state index contributed by atoms with van der Waals surface area (Å²) in [6.45, 7) is 3.94. The van der Waals surface area contributed by atoms with Crippen LogP contribution in [0.3, 0.4) is 0 Å². The average molecular weight is 496 g/mol. The van der Waals surface area contributed by atoms with Gasteiger partial charge in [-0.3, -0.25) is 0 Å². The van der Waals surface area contributed by atoms with E-state index in [1.165, 1.54) is 35.1 Å². The molecule has 1 saturated heterocycles. The number of aryl methyl sites for hydroxylation is 1. The second-order valence-corrected chi connectivity index (χ2v) is 10.3. The van der Waals surface area contributed by atoms with Crippen LogP contribution in [0, 0.1) is 12.7 Å². The summed E-state index contributed by atoms with van der Waals surface area (Å²) in [6.07, 6.45) is 9.10. The van der Waals surface area contributed by atoms with Gasteiger partial charge < -0.3 is 14.0 Å². The molecule has 4 aromatic rings. The highest BCUT2D eigenvalue weighted by Crippen LogP contribution is 2.44. The molecule has 1 aliphatic heterocycles. The van der Waals surface area contributed by atoms with Crippen LogP contribution < -0.4 is 4.74 Å². The molecular weight excluding hydrogens is 461 g/mol. The van der Waals surface area contributed by atoms with Gasteiger partial charge in [0.1, 0.15) is 18.2 Å². The van der Waals surface area contributed by atoms with E-state index in [0.717, 1.165) is 61.4 Å². The van der Waals surface area contributed by atoms with Crippen molar-refractivity contribution in [3.05, 3.63) is 101 Å². The minimum Gasteiger partial charge on any atom is -0.489 e. The van der Waals surface area contributed by atoms with E-state index in [2.05, 4.69) is 41.0 Å². The van der Waals surface area contributed by atoms with Crippen LogP contribution in [0.4, 0.5) is 4.39 Å². The van der Waals surface area contributed by atoms with Gasteiger partial charge in [0.25, 0.3) is 0 Å². The lowest BCUT2D eigenvalue weighted by Gasteiger charge is -2.27. The summed E-state index contributed by atoms with van der Waals surface area (Å²) in [4.78, 5) is 0. The molecule has 1 aliphatic carbocycles. The van der Waals surface area contributed by atoms with Crippen molar-refractivity contribution in [3.8, 4) is 11.4 Å². The molecule has 1 fully saturated rings. The smallest absolute Gasteiger partial charge is 0.126 e. The standard InChI is InChI=1S/C33H34FNO2/c1-23-20-27(12-14-30(23)34)35-31-15-13-28(37-22-24-8-4-2-5-9-24)21-29(31)32(25-10-6-3-7-11-25)33(35)26-16-18-36-19-17-26/h2,4-5,8-10,12-15,20-21,26H,3,6-7,11,16-19,22H2,1H3. The van der Waals surface area contributed by atoms with Crippen LogP contribution in [0.1, 0.15) is 66.8 Å². The first kappa shape index (κ1) is 24.0. The molecule has 37 heavy (non-hydrogen) atoms. The second kappa shape index (κ2) is 10.5. The summed E-state index contributed by atoms with van der Waals surface area (Å²) >= 11 is 0. The van der Waals surface area contributed by atoms with Gasteiger partial charge in [-0.25, -0.2) is 4.39 Å². The zero-order chi connectivity index (χ0) is 25.2. The van der Waals surface area contributed by atoms with Gasteiger partial charge in [-0.15, -0.1) is 0 Å². The monoisotopic (exact) mass is 495 g/mol. The fourth-order valence-electron chi connectivity index (χ4n) is 5.93. The first-order valence-electron chi connectivity index (χ1n) is 13.6. The number of nitrogens with zero attached hydrogens (tertiary/aromatic N) is 1. The van der Waals surface area contributed by atoms with E-state index in [-0.39, 0.29) is 5.82 Å². The zero-order valence-electron chi connectivity index (χ0n) is 21.5. The minimum atomic E-state index is -0.167. The molecule has 0 unspecified atom stereocenters. The number of aromatic nitrogens is 1. The van der Waals surface area contributed by atoms with E-state index < -0.39 is 0 Å². The molecule has 0 bridgehead atoms. The first-order chi connectivity index (χ1) is 18.2. The Morgan fingerprint density at radius 1 is 0.973 bits per heavy atom. The van der Waals surface area contributed by atoms with Gasteiger partial charge in [0.05, 0.1) is 5.52 Å². The van der Waals surface area contributed by atoms with Gasteiger partial charge >= 0.3 is 0 Å². The van der Waals surface area contributed by atoms with Crippen LogP contribution in [-0.4, -0.2) is 17.8 Å². The average Bonchev–Trinajstić information content (AvgIpc) is 3.29. The van der Waals surface area contributed by atoms with Gasteiger partial charge in [0.15, 0.2) is 0 Å². The van der Waals surface area contributed by atoms with Crippen LogP contribution in [0.5, 0.6) is 5.75 Å². The van der Waals surface area contributed by atoms with E-state index in [1.807, 2.05) is 37.3 Å². The maximum atomic E-state index is 14.3. The molecule has 0 amide bonds. The summed E-state index contributed by atoms with van der Waals surface area (Å²) in [7, 11) is 0. The number of allylic oxidation sites excluding steroid dienone is 2. The normalized spacial score (nSPS) is 16.6. The Kier molecular flexibility index (Phi) is 6.84. The predicted octanol–water partition coefficient (Wildman–Crippen LogP) is 8.51. The molecule has 0 atom stereocenters. The Labute approximate surface area is 218 Å². The van der Waals surface area contributed by atoms with Crippen LogP contribution in [-0.2, 0) is 11.3 Å². The fourth-order valence-corrected chi connectivity index (χ4v) is 5.93. The number of fused-ring (bicyclic) bond motifs is 1. The highest BCUT2D eigenvalue weighted by Gasteiger charge is 2.29. The summed E-state index contributed by atoms with van der Waals surface area (Å²) in [6, 6.07) is 22.3. The molecule has 4 heteroatoms. The number of hydrogen-bond donors (Lipinski definition) is 0. The molecule has 0 saturated carbocycles. The van der Waals surface area contributed by atoms with E-state index in [1.54, 1.807) is 6.07 Å². The number of hydrogen-bond acceptors (Lipinski definition) is 2. The van der Waals surface area contributed by atoms with Crippen molar-refractivity contribution in [1.82, 2.24) is 4.57 Å². The van der Waals surface area contributed by atoms with E-state index in [0.29, 0.717) is 18.1 Å². The maximum Gasteiger partial charge on any atom is 0.126 e. The highest BCUT2D eigenvalue weighted by molar-refractivity contribution is 5.97. The molecule has 2 heterocycles. The zero-order valence-corrected chi connectivity index (χ0v) is 21.5. The Balaban J connectivity index is 1.55. The largest absolute Gasteiger partial charge is 0.489 e. The third-order valence-corrected chi connectivity index (χ3v) is 7.84. The quantitative estimate of drug-likeness (QED) is 0.268. The van der Waals surface area contributed by atoms with Crippen molar-refractivity contribution in [3.63, 3.8) is 0 Å². The lowest BCUT2D eigenvalue weighted by atomic mass is 9.86. The lowest BCUT2D eigenvalue weighted by Crippen LogP contribution is -2.18. The molecule has 0 N–H and O–H groups in total. The van der Waals surface area contributed by atoms with Crippen molar-refractivity contribution in [1.29, 1.82) is 0 Å². The predicted molar refractivity (Wildman–Crippen MR) is 148 cm³/mol. The Morgan fingerprint density at radius 2 is 1.81 bits per heavy atom. The number of rotatable bonds is 6. The highest BCUT2D eigenvalue weighted by atomic mass is 19.1. The van der Waals surface area contributed by atoms with Gasteiger partial charge in [-0.2, -0.15) is 0 Å². The van der Waals surface area contributed by atoms with Gasteiger partial charge in [0, 0.05) is 41.5 Å². The van der Waals surface area contributed by atoms with Crippen molar-refractivity contribution < 1.29 is 13.9 Å². The molecule has 190 valence electrons. The molecule has 3 aromatic carbocycles. The summed E-state index contributed by atoms with van der Waals surface area (Å²) < 4.78 is 28.7. The van der Waals surface area contributed by atoms with E-state index in [4.69, 9.17) is 9.47 Å². The molecule has 1 aromatic heterocycles. The van der Waals surface area contributed by atoms with Gasteiger partial charge in [0.2, 0.25) is 0 Å². The Hall–Kier alpha value is -3.37. The number of halogens is 1. The van der Waals surface area contributed by atoms with E-state index in [9.17, 15) is 4.39 Å². The number of benzene rings is 3. The molecule has 2 aliphatic rings. The molecule has 3 nitrogen and oxygen atoms in total. The third-order valence-electron chi connectivity index (χ3n) is 7.84. The summed E-state index contributed by atoms with van der Waals surface area (Å²) in [5.41, 5.74) is 8.13. The lowest BCUT2D eigenvalue weighted by molar-refractivity contribution is 0.0842. The van der Waals surface area contributed by atoms with Crippen LogP contribution in [0.2, 0.25) is 0 Å². The third kappa shape index (κ3) is 4.83. The number of ether oxygens (including phenoxy) is 2. The molecule has 0 radical (unpaired) electrons. The van der Waals surface area contributed by atoms with Crippen molar-refractivity contribution >= 4 is 16.5 Å². The van der Waals surface area contributed by atoms with Crippen molar-refractivity contribution in [2.24, 2.45) is 0 Å². The molecular formula is C33H34FNO2. The first-order valence-corrected chi connectivity index (χ1v) is 13.6. The molecule has 0 spiro atoms. The van der Waals surface area contributed by atoms with Crippen molar-refractivity contribution in [2.75, 3.05) is 13.2 Å². The summed E-state index contributed by atoms with van der Waals surface area (Å²) in [5.74, 6) is 1.10. The Bertz CT molecular complexity index is 1430. The van der Waals surface area contributed by atoms with Crippen LogP contribution in [0.25, 0.3) is 22.2 Å². The van der Waals surface area contributed by atoms with Crippen LogP contribution in [0.15, 0.2) is 72.8 Å². The van der Waals surface area contributed by atoms with Crippen molar-refractivity contribution in [2.45, 2.75) is 58.0 Å². The molecule has 6 rings (SSSR count). The van der Waals surface area contributed by atoms with Gasteiger partial charge in [-0.05, 0) is 98.5 Å². The fraction of sp³-hybridized carbons (Fsp3) is 0.333. The topological polar surface area (TPSA) is 23.4 Å². The SMILES string of the molecule is Cc1cc(-n2c(C3CCOCC3)c(C3=CCCCC3)c3cc(OCc4ccccc4)ccc32)ccc1F. The minimum absolute atomic E-state index is 0.167. The summed E-state index contributed by atoms with van der Waals surface area (Å²) in [5, 5.41) is 1.22. The second-order valence-electron chi connectivity index (χ2n) is 10.3. The maximum absolute atomic E-state index is 14.3. The Morgan fingerprint density at radius 3 is 2.57 bits per heavy atom.